The molecule has 0 saturated carbocycles. The molecule has 3 N–H and O–H groups in total. The number of benzene rings is 2. The minimum Gasteiger partial charge on any atom is -0.497 e. The first kappa shape index (κ1) is 15.3. The minimum absolute atomic E-state index is 0.0514. The number of thioether (sulfide) groups is 1. The van der Waals surface area contributed by atoms with Gasteiger partial charge in [-0.15, -0.1) is 11.8 Å². The van der Waals surface area contributed by atoms with Crippen LogP contribution in [0.2, 0.25) is 0 Å². The van der Waals surface area contributed by atoms with Crippen LogP contribution in [0, 0.1) is 6.92 Å². The van der Waals surface area contributed by atoms with E-state index in [9.17, 15) is 4.79 Å². The first-order valence-electron chi connectivity index (χ1n) is 6.51. The van der Waals surface area contributed by atoms with Gasteiger partial charge >= 0.3 is 0 Å². The molecule has 4 nitrogen and oxygen atoms in total. The van der Waals surface area contributed by atoms with Crippen LogP contribution in [0.25, 0.3) is 0 Å². The van der Waals surface area contributed by atoms with Gasteiger partial charge in [0.05, 0.1) is 12.9 Å². The summed E-state index contributed by atoms with van der Waals surface area (Å²) in [5.74, 6) is 1.02. The number of carbonyl (C=O) groups is 1. The number of methoxy groups -OCH3 is 1. The molecule has 21 heavy (non-hydrogen) atoms. The maximum Gasteiger partial charge on any atom is 0.234 e. The number of ether oxygens (including phenoxy) is 1. The molecule has 0 radical (unpaired) electrons. The molecule has 0 aliphatic heterocycles. The Hall–Kier alpha value is -2.14. The maximum absolute atomic E-state index is 12.0. The molecule has 0 aliphatic rings. The average molecular weight is 302 g/mol. The zero-order chi connectivity index (χ0) is 15.2. The van der Waals surface area contributed by atoms with Crippen molar-refractivity contribution in [3.05, 3.63) is 48.0 Å². The zero-order valence-corrected chi connectivity index (χ0v) is 12.9. The SMILES string of the molecule is COc1cccc(NC(=O)CSc2ccc(N)cc2C)c1. The van der Waals surface area contributed by atoms with Crippen molar-refractivity contribution in [2.45, 2.75) is 11.8 Å². The van der Waals surface area contributed by atoms with Gasteiger partial charge in [0.15, 0.2) is 0 Å². The summed E-state index contributed by atoms with van der Waals surface area (Å²) >= 11 is 1.49. The number of carbonyl (C=O) groups excluding carboxylic acids is 1. The second kappa shape index (κ2) is 7.04. The van der Waals surface area contributed by atoms with E-state index in [2.05, 4.69) is 5.32 Å². The van der Waals surface area contributed by atoms with Gasteiger partial charge in [0.25, 0.3) is 0 Å². The Bertz CT molecular complexity index is 644. The van der Waals surface area contributed by atoms with Crippen molar-refractivity contribution in [1.29, 1.82) is 0 Å². The monoisotopic (exact) mass is 302 g/mol. The van der Waals surface area contributed by atoms with Gasteiger partial charge in [0.2, 0.25) is 5.91 Å². The first-order chi connectivity index (χ1) is 10.1. The smallest absolute Gasteiger partial charge is 0.234 e. The van der Waals surface area contributed by atoms with Crippen LogP contribution < -0.4 is 15.8 Å². The number of nitrogens with two attached hydrogens (primary N) is 1. The highest BCUT2D eigenvalue weighted by molar-refractivity contribution is 8.00. The Morgan fingerprint density at radius 3 is 2.81 bits per heavy atom. The normalized spacial score (nSPS) is 10.2. The van der Waals surface area contributed by atoms with Gasteiger partial charge in [-0.25, -0.2) is 0 Å². The van der Waals surface area contributed by atoms with Gasteiger partial charge < -0.3 is 15.8 Å². The lowest BCUT2D eigenvalue weighted by molar-refractivity contribution is -0.113. The number of nitrogens with one attached hydrogen (secondary N) is 1. The maximum atomic E-state index is 12.0. The molecule has 1 amide bonds. The summed E-state index contributed by atoms with van der Waals surface area (Å²) < 4.78 is 5.12. The third kappa shape index (κ3) is 4.43. The number of anilines is 2. The highest BCUT2D eigenvalue weighted by Crippen LogP contribution is 2.24. The molecule has 0 aliphatic carbocycles. The fourth-order valence-corrected chi connectivity index (χ4v) is 2.69. The number of amides is 1. The Morgan fingerprint density at radius 2 is 2.10 bits per heavy atom. The lowest BCUT2D eigenvalue weighted by atomic mass is 10.2. The molecule has 110 valence electrons. The molecule has 0 fully saturated rings. The van der Waals surface area contributed by atoms with Crippen LogP contribution in [0.15, 0.2) is 47.4 Å². The predicted molar refractivity (Wildman–Crippen MR) is 87.9 cm³/mol. The van der Waals surface area contributed by atoms with E-state index in [1.54, 1.807) is 13.2 Å². The Kier molecular flexibility index (Phi) is 5.11. The molecule has 5 heteroatoms. The predicted octanol–water partition coefficient (Wildman–Crippen LogP) is 3.32. The fourth-order valence-electron chi connectivity index (χ4n) is 1.88. The second-order valence-electron chi connectivity index (χ2n) is 4.59. The van der Waals surface area contributed by atoms with Crippen LogP contribution in [0.5, 0.6) is 5.75 Å². The molecule has 0 saturated heterocycles. The summed E-state index contributed by atoms with van der Waals surface area (Å²) in [6.07, 6.45) is 0. The van der Waals surface area contributed by atoms with Crippen LogP contribution in [0.3, 0.4) is 0 Å². The molecule has 0 spiro atoms. The standard InChI is InChI=1S/C16H18N2O2S/c1-11-8-12(17)6-7-15(11)21-10-16(19)18-13-4-3-5-14(9-13)20-2/h3-9H,10,17H2,1-2H3,(H,18,19). The number of nitrogen functional groups attached to an aromatic ring is 1. The zero-order valence-electron chi connectivity index (χ0n) is 12.1. The minimum atomic E-state index is -0.0514. The average Bonchev–Trinajstić information content (AvgIpc) is 2.46. The van der Waals surface area contributed by atoms with E-state index in [0.717, 1.165) is 27.6 Å². The first-order valence-corrected chi connectivity index (χ1v) is 7.50. The van der Waals surface area contributed by atoms with Crippen molar-refractivity contribution in [2.75, 3.05) is 23.9 Å². The van der Waals surface area contributed by atoms with Gasteiger partial charge in [-0.2, -0.15) is 0 Å². The fraction of sp³-hybridized carbons (Fsp3) is 0.188. The van der Waals surface area contributed by atoms with Crippen molar-refractivity contribution in [1.82, 2.24) is 0 Å². The third-order valence-corrected chi connectivity index (χ3v) is 4.09. The Morgan fingerprint density at radius 1 is 1.29 bits per heavy atom. The van der Waals surface area contributed by atoms with Gasteiger partial charge in [-0.3, -0.25) is 4.79 Å². The summed E-state index contributed by atoms with van der Waals surface area (Å²) in [4.78, 5) is 13.0. The molecular weight excluding hydrogens is 284 g/mol. The summed E-state index contributed by atoms with van der Waals surface area (Å²) in [5, 5.41) is 2.85. The van der Waals surface area contributed by atoms with Crippen molar-refractivity contribution in [3.8, 4) is 5.75 Å². The van der Waals surface area contributed by atoms with Crippen LogP contribution in [0.4, 0.5) is 11.4 Å². The van der Waals surface area contributed by atoms with Crippen LogP contribution in [-0.4, -0.2) is 18.8 Å². The number of hydrogen-bond donors (Lipinski definition) is 2. The molecule has 0 unspecified atom stereocenters. The van der Waals surface area contributed by atoms with Crippen molar-refractivity contribution in [3.63, 3.8) is 0 Å². The second-order valence-corrected chi connectivity index (χ2v) is 5.61. The van der Waals surface area contributed by atoms with Crippen LogP contribution in [-0.2, 0) is 4.79 Å². The summed E-state index contributed by atoms with van der Waals surface area (Å²) in [5.41, 5.74) is 8.26. The van der Waals surface area contributed by atoms with E-state index in [4.69, 9.17) is 10.5 Å². The van der Waals surface area contributed by atoms with Crippen molar-refractivity contribution < 1.29 is 9.53 Å². The molecule has 0 atom stereocenters. The third-order valence-electron chi connectivity index (χ3n) is 2.91. The van der Waals surface area contributed by atoms with Gasteiger partial charge in [0, 0.05) is 22.3 Å². The van der Waals surface area contributed by atoms with E-state index in [0.29, 0.717) is 5.75 Å². The summed E-state index contributed by atoms with van der Waals surface area (Å²) in [6, 6.07) is 13.0. The number of rotatable bonds is 5. The van der Waals surface area contributed by atoms with E-state index in [-0.39, 0.29) is 5.91 Å². The molecule has 2 aromatic carbocycles. The molecular formula is C16H18N2O2S. The van der Waals surface area contributed by atoms with Crippen LogP contribution >= 0.6 is 11.8 Å². The molecule has 2 aromatic rings. The van der Waals surface area contributed by atoms with Crippen molar-refractivity contribution >= 4 is 29.0 Å². The topological polar surface area (TPSA) is 64.3 Å². The van der Waals surface area contributed by atoms with Gasteiger partial charge in [-0.05, 0) is 42.8 Å². The summed E-state index contributed by atoms with van der Waals surface area (Å²) in [7, 11) is 1.60. The molecule has 2 rings (SSSR count). The summed E-state index contributed by atoms with van der Waals surface area (Å²) in [6.45, 7) is 1.98. The van der Waals surface area contributed by atoms with E-state index in [1.807, 2.05) is 43.3 Å². The van der Waals surface area contributed by atoms with Crippen LogP contribution in [0.1, 0.15) is 5.56 Å². The number of hydrogen-bond acceptors (Lipinski definition) is 4. The van der Waals surface area contributed by atoms with Gasteiger partial charge in [0.1, 0.15) is 5.75 Å². The van der Waals surface area contributed by atoms with E-state index in [1.165, 1.54) is 11.8 Å². The van der Waals surface area contributed by atoms with Gasteiger partial charge in [-0.1, -0.05) is 6.07 Å². The highest BCUT2D eigenvalue weighted by Gasteiger charge is 2.06. The van der Waals surface area contributed by atoms with E-state index >= 15 is 0 Å². The van der Waals surface area contributed by atoms with Crippen molar-refractivity contribution in [2.24, 2.45) is 0 Å². The molecule has 0 heterocycles. The lowest BCUT2D eigenvalue weighted by Gasteiger charge is -2.08. The number of aryl methyl sites for hydroxylation is 1. The Balaban J connectivity index is 1.92. The van der Waals surface area contributed by atoms with E-state index < -0.39 is 0 Å². The Labute approximate surface area is 128 Å². The molecule has 0 bridgehead atoms. The molecule has 0 aromatic heterocycles. The quantitative estimate of drug-likeness (QED) is 0.657. The lowest BCUT2D eigenvalue weighted by Crippen LogP contribution is -2.14. The largest absolute Gasteiger partial charge is 0.497 e. The highest BCUT2D eigenvalue weighted by atomic mass is 32.2.